The van der Waals surface area contributed by atoms with Crippen molar-refractivity contribution < 1.29 is 14.6 Å². The van der Waals surface area contributed by atoms with Crippen molar-refractivity contribution in [1.82, 2.24) is 10.2 Å². The van der Waals surface area contributed by atoms with Crippen LogP contribution in [-0.4, -0.2) is 54.9 Å². The number of carbonyl (C=O) groups is 1. The first-order valence-corrected chi connectivity index (χ1v) is 14.0. The normalized spacial score (nSPS) is 24.9. The topological polar surface area (TPSA) is 73.8 Å². The zero-order valence-electron chi connectivity index (χ0n) is 22.6. The van der Waals surface area contributed by atoms with Crippen LogP contribution in [0.1, 0.15) is 57.6 Å². The molecule has 0 bridgehead atoms. The zero-order valence-corrected chi connectivity index (χ0v) is 23.4. The van der Waals surface area contributed by atoms with E-state index in [9.17, 15) is 9.90 Å². The maximum absolute atomic E-state index is 12.9. The Hall–Kier alpha value is -2.28. The van der Waals surface area contributed by atoms with Gasteiger partial charge in [0.15, 0.2) is 0 Å². The number of aryl methyl sites for hydroxylation is 1. The van der Waals surface area contributed by atoms with Gasteiger partial charge in [0.1, 0.15) is 5.75 Å². The molecule has 2 amide bonds. The van der Waals surface area contributed by atoms with Crippen LogP contribution < -0.4 is 15.4 Å². The summed E-state index contributed by atoms with van der Waals surface area (Å²) in [6, 6.07) is 13.1. The Balaban J connectivity index is 1.62. The Bertz CT molecular complexity index is 1060. The Kier molecular flexibility index (Phi) is 9.04. The number of rotatable bonds is 10. The number of aliphatic hydroxyl groups is 1. The Morgan fingerprint density at radius 2 is 1.95 bits per heavy atom. The fourth-order valence-electron chi connectivity index (χ4n) is 6.16. The van der Waals surface area contributed by atoms with Crippen molar-refractivity contribution in [1.29, 1.82) is 0 Å². The lowest BCUT2D eigenvalue weighted by molar-refractivity contribution is 0.0278. The molecular weight excluding hydrogens is 486 g/mol. The molecule has 1 aliphatic carbocycles. The summed E-state index contributed by atoms with van der Waals surface area (Å²) in [5, 5.41) is 17.0. The van der Waals surface area contributed by atoms with Crippen molar-refractivity contribution in [3.63, 3.8) is 0 Å². The molecule has 2 aromatic rings. The van der Waals surface area contributed by atoms with Crippen molar-refractivity contribution in [3.8, 4) is 5.75 Å². The Morgan fingerprint density at radius 1 is 1.22 bits per heavy atom. The van der Waals surface area contributed by atoms with E-state index in [2.05, 4.69) is 48.4 Å². The van der Waals surface area contributed by atoms with Crippen LogP contribution in [0.15, 0.2) is 42.5 Å². The molecule has 2 aromatic carbocycles. The van der Waals surface area contributed by atoms with E-state index in [4.69, 9.17) is 16.3 Å². The van der Waals surface area contributed by atoms with E-state index in [1.54, 1.807) is 31.4 Å². The molecule has 4 atom stereocenters. The number of aliphatic hydroxyl groups excluding tert-OH is 1. The highest BCUT2D eigenvalue weighted by molar-refractivity contribution is 6.30. The second-order valence-electron chi connectivity index (χ2n) is 10.9. The van der Waals surface area contributed by atoms with Crippen LogP contribution >= 0.6 is 11.6 Å². The van der Waals surface area contributed by atoms with E-state index in [0.29, 0.717) is 29.1 Å². The van der Waals surface area contributed by atoms with E-state index >= 15 is 0 Å². The summed E-state index contributed by atoms with van der Waals surface area (Å²) in [7, 11) is 1.71. The van der Waals surface area contributed by atoms with Crippen LogP contribution in [0.4, 0.5) is 10.5 Å². The summed E-state index contributed by atoms with van der Waals surface area (Å²) in [6.45, 7) is 8.94. The van der Waals surface area contributed by atoms with Gasteiger partial charge in [0.2, 0.25) is 0 Å². The molecule has 0 spiro atoms. The number of anilines is 1. The lowest BCUT2D eigenvalue weighted by atomic mass is 9.60. The van der Waals surface area contributed by atoms with Crippen LogP contribution in [0.2, 0.25) is 5.02 Å². The van der Waals surface area contributed by atoms with E-state index < -0.39 is 6.04 Å². The largest absolute Gasteiger partial charge is 0.497 e. The lowest BCUT2D eigenvalue weighted by Gasteiger charge is -2.53. The monoisotopic (exact) mass is 527 g/mol. The number of hydrogen-bond donors (Lipinski definition) is 3. The molecule has 1 heterocycles. The second kappa shape index (κ2) is 12.1. The summed E-state index contributed by atoms with van der Waals surface area (Å²) in [6.07, 6.45) is 5.24. The van der Waals surface area contributed by atoms with Gasteiger partial charge in [-0.3, -0.25) is 0 Å². The van der Waals surface area contributed by atoms with Gasteiger partial charge in [-0.05, 0) is 105 Å². The molecule has 7 heteroatoms. The van der Waals surface area contributed by atoms with Crippen molar-refractivity contribution in [2.45, 2.75) is 70.4 Å². The van der Waals surface area contributed by atoms with Crippen LogP contribution in [-0.2, 0) is 11.8 Å². The van der Waals surface area contributed by atoms with Gasteiger partial charge in [0, 0.05) is 28.7 Å². The summed E-state index contributed by atoms with van der Waals surface area (Å²) in [4.78, 5) is 15.6. The van der Waals surface area contributed by atoms with Gasteiger partial charge < -0.3 is 25.4 Å². The highest BCUT2D eigenvalue weighted by Crippen LogP contribution is 2.49. The van der Waals surface area contributed by atoms with Crippen LogP contribution in [0, 0.1) is 11.8 Å². The maximum Gasteiger partial charge on any atom is 0.319 e. The third-order valence-corrected chi connectivity index (χ3v) is 8.96. The predicted octanol–water partition coefficient (Wildman–Crippen LogP) is 5.86. The molecule has 37 heavy (non-hydrogen) atoms. The number of piperidine rings is 1. The van der Waals surface area contributed by atoms with Crippen LogP contribution in [0.3, 0.4) is 0 Å². The fraction of sp³-hybridized carbons (Fsp3) is 0.567. The number of hydrogen-bond acceptors (Lipinski definition) is 4. The van der Waals surface area contributed by atoms with E-state index in [1.165, 1.54) is 30.5 Å². The third kappa shape index (κ3) is 6.42. The Labute approximate surface area is 226 Å². The smallest absolute Gasteiger partial charge is 0.319 e. The highest BCUT2D eigenvalue weighted by atomic mass is 35.5. The summed E-state index contributed by atoms with van der Waals surface area (Å²) < 4.78 is 5.66. The number of nitrogens with zero attached hydrogens (tertiary/aromatic N) is 1. The summed E-state index contributed by atoms with van der Waals surface area (Å²) >= 11 is 5.98. The van der Waals surface area contributed by atoms with Crippen molar-refractivity contribution >= 4 is 23.3 Å². The minimum atomic E-state index is -0.396. The number of benzene rings is 2. The molecule has 1 aliphatic heterocycles. The average molecular weight is 528 g/mol. The number of amides is 2. The first-order valence-electron chi connectivity index (χ1n) is 13.6. The van der Waals surface area contributed by atoms with Gasteiger partial charge in [0.25, 0.3) is 0 Å². The number of ether oxygens (including phenoxy) is 1. The van der Waals surface area contributed by atoms with Gasteiger partial charge in [-0.25, -0.2) is 4.79 Å². The van der Waals surface area contributed by atoms with Gasteiger partial charge >= 0.3 is 6.03 Å². The fourth-order valence-corrected chi connectivity index (χ4v) is 6.29. The first kappa shape index (κ1) is 27.7. The zero-order chi connectivity index (χ0) is 26.6. The van der Waals surface area contributed by atoms with Crippen molar-refractivity contribution in [2.75, 3.05) is 32.1 Å². The van der Waals surface area contributed by atoms with E-state index in [1.807, 2.05) is 6.07 Å². The molecule has 0 aromatic heterocycles. The van der Waals surface area contributed by atoms with Crippen molar-refractivity contribution in [3.05, 3.63) is 58.6 Å². The molecule has 4 unspecified atom stereocenters. The summed E-state index contributed by atoms with van der Waals surface area (Å²) in [5.41, 5.74) is 3.04. The van der Waals surface area contributed by atoms with Gasteiger partial charge in [0.05, 0.1) is 19.8 Å². The number of carbonyl (C=O) groups excluding carboxylic acids is 1. The molecule has 2 aliphatic rings. The molecule has 1 saturated heterocycles. The van der Waals surface area contributed by atoms with Crippen LogP contribution in [0.25, 0.3) is 0 Å². The van der Waals surface area contributed by atoms with Gasteiger partial charge in [-0.2, -0.15) is 0 Å². The van der Waals surface area contributed by atoms with Gasteiger partial charge in [-0.1, -0.05) is 31.5 Å². The number of nitrogens with one attached hydrogen (secondary N) is 2. The number of urea groups is 1. The third-order valence-electron chi connectivity index (χ3n) is 8.71. The average Bonchev–Trinajstić information content (AvgIpc) is 3.73. The standard InChI is InChI=1S/C30H42ClN3O3/c1-5-23-8-13-27(37-4)16-28(23)30(14-15-34(18-22-6-7-22)21(3)20(30)2)17-26(19-35)33-29(36)32-25-11-9-24(31)10-12-25/h8-13,16,20-22,26,35H,5-7,14-15,17-19H2,1-4H3,(H2,32,33,36). The molecule has 3 N–H and O–H groups in total. The predicted molar refractivity (Wildman–Crippen MR) is 151 cm³/mol. The Morgan fingerprint density at radius 3 is 2.57 bits per heavy atom. The molecule has 0 radical (unpaired) electrons. The van der Waals surface area contributed by atoms with Crippen LogP contribution in [0.5, 0.6) is 5.75 Å². The first-order chi connectivity index (χ1) is 17.8. The quantitative estimate of drug-likeness (QED) is 0.361. The molecule has 4 rings (SSSR count). The lowest BCUT2D eigenvalue weighted by Crippen LogP contribution is -2.57. The number of methoxy groups -OCH3 is 1. The minimum Gasteiger partial charge on any atom is -0.497 e. The minimum absolute atomic E-state index is 0.131. The SMILES string of the molecule is CCc1ccc(OC)cc1C1(CC(CO)NC(=O)Nc2ccc(Cl)cc2)CCN(CC2CC2)C(C)C1C. The van der Waals surface area contributed by atoms with Gasteiger partial charge in [-0.15, -0.1) is 0 Å². The van der Waals surface area contributed by atoms with Crippen molar-refractivity contribution in [2.24, 2.45) is 11.8 Å². The number of likely N-dealkylation sites (tertiary alicyclic amines) is 1. The molecule has 6 nitrogen and oxygen atoms in total. The maximum atomic E-state index is 12.9. The molecule has 2 fully saturated rings. The van der Waals surface area contributed by atoms with E-state index in [-0.39, 0.29) is 18.1 Å². The highest BCUT2D eigenvalue weighted by Gasteiger charge is 2.48. The second-order valence-corrected chi connectivity index (χ2v) is 11.4. The summed E-state index contributed by atoms with van der Waals surface area (Å²) in [5.74, 6) is 2.02. The molecule has 202 valence electrons. The molecule has 1 saturated carbocycles. The molecular formula is C30H42ClN3O3. The van der Waals surface area contributed by atoms with E-state index in [0.717, 1.165) is 31.1 Å². The number of halogens is 1.